The molecule has 2 unspecified atom stereocenters. The lowest BCUT2D eigenvalue weighted by Crippen LogP contribution is -2.38. The van der Waals surface area contributed by atoms with E-state index in [-0.39, 0.29) is 12.8 Å². The molecule has 0 aliphatic carbocycles. The van der Waals surface area contributed by atoms with Crippen LogP contribution in [0.4, 0.5) is 4.79 Å². The second-order valence-corrected chi connectivity index (χ2v) is 6.97. The third-order valence-corrected chi connectivity index (χ3v) is 3.63. The maximum atomic E-state index is 11.6. The van der Waals surface area contributed by atoms with E-state index in [9.17, 15) is 15.0 Å². The molecular formula is C16H27N3O5. The highest BCUT2D eigenvalue weighted by Crippen LogP contribution is 2.24. The summed E-state index contributed by atoms with van der Waals surface area (Å²) < 4.78 is 12.4. The number of carbonyl (C=O) groups excluding carboxylic acids is 1. The second kappa shape index (κ2) is 7.96. The molecule has 0 aromatic carbocycles. The Kier molecular flexibility index (Phi) is 6.20. The summed E-state index contributed by atoms with van der Waals surface area (Å²) in [6, 6.07) is 0. The molecule has 8 heteroatoms. The molecule has 2 heterocycles. The number of rotatable bonds is 5. The van der Waals surface area contributed by atoms with Crippen molar-refractivity contribution in [2.45, 2.75) is 64.1 Å². The summed E-state index contributed by atoms with van der Waals surface area (Å²) in [5, 5.41) is 26.9. The van der Waals surface area contributed by atoms with Gasteiger partial charge in [-0.1, -0.05) is 0 Å². The van der Waals surface area contributed by atoms with Gasteiger partial charge in [-0.05, 0) is 40.0 Å². The Labute approximate surface area is 141 Å². The molecule has 0 saturated carbocycles. The normalized spacial score (nSPS) is 21.1. The standard InChI is InChI=1S/C16H27N3O5/c1-16(2,3)24-15(22)17-9-12(20)14(21)11-8-18-19(10-11)13-6-4-5-7-23-13/h8,10,12-14,20-21H,4-7,9H2,1-3H3,(H,17,22)/t12?,13-,14?/m0/s1. The molecule has 1 aromatic rings. The number of aromatic nitrogens is 2. The van der Waals surface area contributed by atoms with Gasteiger partial charge in [-0.2, -0.15) is 5.10 Å². The van der Waals surface area contributed by atoms with Crippen LogP contribution in [0, 0.1) is 0 Å². The van der Waals surface area contributed by atoms with E-state index in [0.717, 1.165) is 19.3 Å². The zero-order valence-corrected chi connectivity index (χ0v) is 14.4. The molecule has 1 aliphatic rings. The second-order valence-electron chi connectivity index (χ2n) is 6.97. The first-order valence-corrected chi connectivity index (χ1v) is 8.25. The maximum absolute atomic E-state index is 11.6. The number of hydrogen-bond acceptors (Lipinski definition) is 6. The quantitative estimate of drug-likeness (QED) is 0.749. The zero-order chi connectivity index (χ0) is 17.7. The van der Waals surface area contributed by atoms with Crippen LogP contribution in [-0.4, -0.2) is 50.9 Å². The topological polar surface area (TPSA) is 106 Å². The highest BCUT2D eigenvalue weighted by molar-refractivity contribution is 5.67. The van der Waals surface area contributed by atoms with Crippen molar-refractivity contribution in [3.8, 4) is 0 Å². The molecule has 136 valence electrons. The van der Waals surface area contributed by atoms with E-state index >= 15 is 0 Å². The number of nitrogens with one attached hydrogen (secondary N) is 1. The highest BCUT2D eigenvalue weighted by Gasteiger charge is 2.24. The number of amides is 1. The minimum Gasteiger partial charge on any atom is -0.444 e. The first kappa shape index (κ1) is 18.7. The molecule has 1 fully saturated rings. The van der Waals surface area contributed by atoms with Gasteiger partial charge < -0.3 is 25.0 Å². The third-order valence-electron chi connectivity index (χ3n) is 3.63. The molecule has 1 aromatic heterocycles. The summed E-state index contributed by atoms with van der Waals surface area (Å²) in [7, 11) is 0. The van der Waals surface area contributed by atoms with Gasteiger partial charge in [-0.15, -0.1) is 0 Å². The maximum Gasteiger partial charge on any atom is 0.407 e. The van der Waals surface area contributed by atoms with E-state index in [1.54, 1.807) is 31.6 Å². The molecule has 3 atom stereocenters. The molecular weight excluding hydrogens is 314 g/mol. The van der Waals surface area contributed by atoms with Crippen molar-refractivity contribution in [2.24, 2.45) is 0 Å². The Balaban J connectivity index is 1.85. The molecule has 0 radical (unpaired) electrons. The molecule has 1 amide bonds. The summed E-state index contributed by atoms with van der Waals surface area (Å²) in [5.74, 6) is 0. The predicted molar refractivity (Wildman–Crippen MR) is 86.3 cm³/mol. The number of hydrogen-bond donors (Lipinski definition) is 3. The molecule has 3 N–H and O–H groups in total. The number of aliphatic hydroxyl groups is 2. The predicted octanol–water partition coefficient (Wildman–Crippen LogP) is 1.50. The lowest BCUT2D eigenvalue weighted by molar-refractivity contribution is -0.0398. The monoisotopic (exact) mass is 341 g/mol. The van der Waals surface area contributed by atoms with Crippen molar-refractivity contribution < 1.29 is 24.5 Å². The molecule has 1 aliphatic heterocycles. The van der Waals surface area contributed by atoms with E-state index in [1.807, 2.05) is 0 Å². The number of aliphatic hydroxyl groups excluding tert-OH is 2. The summed E-state index contributed by atoms with van der Waals surface area (Å²) in [6.45, 7) is 5.82. The SMILES string of the molecule is CC(C)(C)OC(=O)NCC(O)C(O)c1cnn([C@@H]2CCCCO2)c1. The Hall–Kier alpha value is -1.64. The summed E-state index contributed by atoms with van der Waals surface area (Å²) in [5.41, 5.74) is -0.142. The van der Waals surface area contributed by atoms with Gasteiger partial charge in [0.25, 0.3) is 0 Å². The molecule has 0 spiro atoms. The lowest BCUT2D eigenvalue weighted by Gasteiger charge is -2.23. The fourth-order valence-corrected chi connectivity index (χ4v) is 2.43. The molecule has 0 bridgehead atoms. The van der Waals surface area contributed by atoms with Gasteiger partial charge in [0.1, 0.15) is 24.0 Å². The minimum absolute atomic E-state index is 0.124. The van der Waals surface area contributed by atoms with Crippen molar-refractivity contribution in [3.05, 3.63) is 18.0 Å². The summed E-state index contributed by atoms with van der Waals surface area (Å²) in [4.78, 5) is 11.6. The van der Waals surface area contributed by atoms with Crippen LogP contribution in [0.5, 0.6) is 0 Å². The third kappa shape index (κ3) is 5.47. The van der Waals surface area contributed by atoms with E-state index < -0.39 is 23.9 Å². The lowest BCUT2D eigenvalue weighted by atomic mass is 10.1. The number of ether oxygens (including phenoxy) is 2. The van der Waals surface area contributed by atoms with Gasteiger partial charge in [0, 0.05) is 24.9 Å². The van der Waals surface area contributed by atoms with E-state index in [0.29, 0.717) is 12.2 Å². The average molecular weight is 341 g/mol. The smallest absolute Gasteiger partial charge is 0.407 e. The number of carbonyl (C=O) groups is 1. The Morgan fingerprint density at radius 1 is 1.50 bits per heavy atom. The van der Waals surface area contributed by atoms with Crippen LogP contribution in [0.1, 0.15) is 57.9 Å². The van der Waals surface area contributed by atoms with Crippen LogP contribution in [0.2, 0.25) is 0 Å². The van der Waals surface area contributed by atoms with E-state index in [4.69, 9.17) is 9.47 Å². The van der Waals surface area contributed by atoms with Crippen molar-refractivity contribution in [3.63, 3.8) is 0 Å². The molecule has 8 nitrogen and oxygen atoms in total. The molecule has 24 heavy (non-hydrogen) atoms. The number of nitrogens with zero attached hydrogens (tertiary/aromatic N) is 2. The van der Waals surface area contributed by atoms with Crippen LogP contribution >= 0.6 is 0 Å². The first-order chi connectivity index (χ1) is 11.3. The largest absolute Gasteiger partial charge is 0.444 e. The fraction of sp³-hybridized carbons (Fsp3) is 0.750. The average Bonchev–Trinajstić information content (AvgIpc) is 3.01. The van der Waals surface area contributed by atoms with Gasteiger partial charge in [0.15, 0.2) is 0 Å². The van der Waals surface area contributed by atoms with Gasteiger partial charge in [0.2, 0.25) is 0 Å². The van der Waals surface area contributed by atoms with Gasteiger partial charge in [-0.3, -0.25) is 0 Å². The van der Waals surface area contributed by atoms with Crippen LogP contribution in [0.3, 0.4) is 0 Å². The van der Waals surface area contributed by atoms with Crippen molar-refractivity contribution in [1.29, 1.82) is 0 Å². The van der Waals surface area contributed by atoms with Gasteiger partial charge >= 0.3 is 6.09 Å². The zero-order valence-electron chi connectivity index (χ0n) is 14.4. The molecule has 2 rings (SSSR count). The van der Waals surface area contributed by atoms with E-state index in [2.05, 4.69) is 10.4 Å². The molecule has 1 saturated heterocycles. The summed E-state index contributed by atoms with van der Waals surface area (Å²) >= 11 is 0. The Bertz CT molecular complexity index is 534. The highest BCUT2D eigenvalue weighted by atomic mass is 16.6. The van der Waals surface area contributed by atoms with Crippen LogP contribution < -0.4 is 5.32 Å². The van der Waals surface area contributed by atoms with E-state index in [1.165, 1.54) is 6.20 Å². The Morgan fingerprint density at radius 2 is 2.25 bits per heavy atom. The van der Waals surface area contributed by atoms with Crippen LogP contribution in [0.25, 0.3) is 0 Å². The fourth-order valence-electron chi connectivity index (χ4n) is 2.43. The van der Waals surface area contributed by atoms with Crippen LogP contribution in [0.15, 0.2) is 12.4 Å². The van der Waals surface area contributed by atoms with Crippen molar-refractivity contribution in [2.75, 3.05) is 13.2 Å². The number of alkyl carbamates (subject to hydrolysis) is 1. The minimum atomic E-state index is -1.16. The Morgan fingerprint density at radius 3 is 2.88 bits per heavy atom. The van der Waals surface area contributed by atoms with Crippen molar-refractivity contribution >= 4 is 6.09 Å². The first-order valence-electron chi connectivity index (χ1n) is 8.25. The van der Waals surface area contributed by atoms with Gasteiger partial charge in [0.05, 0.1) is 6.20 Å². The van der Waals surface area contributed by atoms with Crippen molar-refractivity contribution in [1.82, 2.24) is 15.1 Å². The van der Waals surface area contributed by atoms with Crippen LogP contribution in [-0.2, 0) is 9.47 Å². The van der Waals surface area contributed by atoms with Gasteiger partial charge in [-0.25, -0.2) is 9.48 Å². The summed E-state index contributed by atoms with van der Waals surface area (Å²) in [6.07, 6.45) is 3.07.